The highest BCUT2D eigenvalue weighted by atomic mass is 16.5. The standard InChI is InChI=1S/C13H27N3O2/c1-10-11(14-6-7-18-10)12(17)15-8-13(2,3)9-16(4)5/h10-11,14H,6-9H2,1-5H3,(H,15,17)/t10-,11+/m1/s1. The third kappa shape index (κ3) is 4.92. The van der Waals surface area contributed by atoms with E-state index < -0.39 is 0 Å². The molecule has 0 spiro atoms. The van der Waals surface area contributed by atoms with Crippen molar-refractivity contribution in [3.8, 4) is 0 Å². The van der Waals surface area contributed by atoms with Gasteiger partial charge in [-0.25, -0.2) is 0 Å². The van der Waals surface area contributed by atoms with Crippen LogP contribution in [-0.4, -0.2) is 63.3 Å². The summed E-state index contributed by atoms with van der Waals surface area (Å²) in [5.41, 5.74) is 0.0674. The third-order valence-electron chi connectivity index (χ3n) is 3.08. The number of rotatable bonds is 5. The van der Waals surface area contributed by atoms with Crippen LogP contribution in [0.2, 0.25) is 0 Å². The molecule has 1 fully saturated rings. The quantitative estimate of drug-likeness (QED) is 0.732. The van der Waals surface area contributed by atoms with Crippen molar-refractivity contribution in [2.75, 3.05) is 40.3 Å². The van der Waals surface area contributed by atoms with Crippen LogP contribution in [0.3, 0.4) is 0 Å². The van der Waals surface area contributed by atoms with Gasteiger partial charge in [-0.2, -0.15) is 0 Å². The molecule has 5 heteroatoms. The zero-order chi connectivity index (χ0) is 13.8. The van der Waals surface area contributed by atoms with Crippen LogP contribution >= 0.6 is 0 Å². The van der Waals surface area contributed by atoms with E-state index in [0.29, 0.717) is 13.2 Å². The number of hydrogen-bond acceptors (Lipinski definition) is 4. The van der Waals surface area contributed by atoms with Crippen LogP contribution in [0, 0.1) is 5.41 Å². The van der Waals surface area contributed by atoms with Crippen molar-refractivity contribution in [3.05, 3.63) is 0 Å². The molecule has 0 radical (unpaired) electrons. The van der Waals surface area contributed by atoms with E-state index >= 15 is 0 Å². The van der Waals surface area contributed by atoms with Crippen LogP contribution in [0.15, 0.2) is 0 Å². The van der Waals surface area contributed by atoms with Crippen molar-refractivity contribution in [2.24, 2.45) is 5.41 Å². The monoisotopic (exact) mass is 257 g/mol. The summed E-state index contributed by atoms with van der Waals surface area (Å²) in [6, 6.07) is -0.228. The molecule has 0 saturated carbocycles. The molecule has 1 saturated heterocycles. The number of morpholine rings is 1. The van der Waals surface area contributed by atoms with Gasteiger partial charge in [-0.05, 0) is 26.4 Å². The molecule has 0 aromatic heterocycles. The second-order valence-corrected chi connectivity index (χ2v) is 6.13. The zero-order valence-electron chi connectivity index (χ0n) is 12.2. The molecule has 5 nitrogen and oxygen atoms in total. The van der Waals surface area contributed by atoms with Crippen molar-refractivity contribution < 1.29 is 9.53 Å². The van der Waals surface area contributed by atoms with Crippen LogP contribution in [0.4, 0.5) is 0 Å². The second-order valence-electron chi connectivity index (χ2n) is 6.13. The number of carbonyl (C=O) groups excluding carboxylic acids is 1. The SMILES string of the molecule is C[C@H]1OCCN[C@@H]1C(=O)NCC(C)(C)CN(C)C. The van der Waals surface area contributed by atoms with Gasteiger partial charge >= 0.3 is 0 Å². The fraction of sp³-hybridized carbons (Fsp3) is 0.923. The molecule has 0 aromatic rings. The number of hydrogen-bond donors (Lipinski definition) is 2. The Balaban J connectivity index is 2.40. The molecule has 106 valence electrons. The van der Waals surface area contributed by atoms with Gasteiger partial charge in [-0.3, -0.25) is 4.79 Å². The summed E-state index contributed by atoms with van der Waals surface area (Å²) in [6.45, 7) is 9.28. The Morgan fingerprint density at radius 2 is 2.17 bits per heavy atom. The van der Waals surface area contributed by atoms with E-state index in [1.165, 1.54) is 0 Å². The minimum Gasteiger partial charge on any atom is -0.375 e. The molecule has 0 unspecified atom stereocenters. The van der Waals surface area contributed by atoms with Crippen molar-refractivity contribution in [1.29, 1.82) is 0 Å². The molecule has 1 heterocycles. The molecule has 1 amide bonds. The van der Waals surface area contributed by atoms with Crippen LogP contribution in [0.25, 0.3) is 0 Å². The van der Waals surface area contributed by atoms with Gasteiger partial charge in [-0.1, -0.05) is 13.8 Å². The summed E-state index contributed by atoms with van der Waals surface area (Å²) in [4.78, 5) is 14.2. The minimum absolute atomic E-state index is 0.0361. The predicted molar refractivity (Wildman–Crippen MR) is 72.5 cm³/mol. The lowest BCUT2D eigenvalue weighted by Crippen LogP contribution is -2.56. The number of carbonyl (C=O) groups is 1. The first-order valence-electron chi connectivity index (χ1n) is 6.59. The van der Waals surface area contributed by atoms with E-state index in [4.69, 9.17) is 4.74 Å². The van der Waals surface area contributed by atoms with E-state index in [0.717, 1.165) is 13.1 Å². The Labute approximate surface area is 110 Å². The fourth-order valence-electron chi connectivity index (χ4n) is 2.38. The smallest absolute Gasteiger partial charge is 0.239 e. The molecule has 1 rings (SSSR count). The Hall–Kier alpha value is -0.650. The fourth-order valence-corrected chi connectivity index (χ4v) is 2.38. The third-order valence-corrected chi connectivity index (χ3v) is 3.08. The van der Waals surface area contributed by atoms with Gasteiger partial charge in [0.2, 0.25) is 5.91 Å². The van der Waals surface area contributed by atoms with Crippen molar-refractivity contribution in [3.63, 3.8) is 0 Å². The lowest BCUT2D eigenvalue weighted by Gasteiger charge is -2.32. The predicted octanol–water partition coefficient (Wildman–Crippen LogP) is 0.0673. The topological polar surface area (TPSA) is 53.6 Å². The van der Waals surface area contributed by atoms with Gasteiger partial charge in [0.15, 0.2) is 0 Å². The summed E-state index contributed by atoms with van der Waals surface area (Å²) < 4.78 is 5.48. The molecule has 2 atom stereocenters. The van der Waals surface area contributed by atoms with E-state index in [1.807, 2.05) is 21.0 Å². The van der Waals surface area contributed by atoms with Crippen molar-refractivity contribution in [2.45, 2.75) is 32.9 Å². The highest BCUT2D eigenvalue weighted by Crippen LogP contribution is 2.14. The highest BCUT2D eigenvalue weighted by molar-refractivity contribution is 5.82. The summed E-state index contributed by atoms with van der Waals surface area (Å²) >= 11 is 0. The molecular weight excluding hydrogens is 230 g/mol. The maximum Gasteiger partial charge on any atom is 0.239 e. The van der Waals surface area contributed by atoms with Crippen LogP contribution in [0.1, 0.15) is 20.8 Å². The average molecular weight is 257 g/mol. The number of nitrogens with one attached hydrogen (secondary N) is 2. The maximum atomic E-state index is 12.1. The largest absolute Gasteiger partial charge is 0.375 e. The van der Waals surface area contributed by atoms with Crippen molar-refractivity contribution >= 4 is 5.91 Å². The van der Waals surface area contributed by atoms with Crippen molar-refractivity contribution in [1.82, 2.24) is 15.5 Å². The van der Waals surface area contributed by atoms with Crippen LogP contribution in [0.5, 0.6) is 0 Å². The molecule has 1 aliphatic rings. The zero-order valence-corrected chi connectivity index (χ0v) is 12.2. The minimum atomic E-state index is -0.228. The maximum absolute atomic E-state index is 12.1. The summed E-state index contributed by atoms with van der Waals surface area (Å²) in [7, 11) is 4.09. The van der Waals surface area contributed by atoms with E-state index in [-0.39, 0.29) is 23.5 Å². The second kappa shape index (κ2) is 6.50. The van der Waals surface area contributed by atoms with Gasteiger partial charge in [0.05, 0.1) is 12.7 Å². The van der Waals surface area contributed by atoms with Gasteiger partial charge in [-0.15, -0.1) is 0 Å². The Kier molecular flexibility index (Phi) is 5.56. The molecule has 0 aliphatic carbocycles. The number of nitrogens with zero attached hydrogens (tertiary/aromatic N) is 1. The summed E-state index contributed by atoms with van der Waals surface area (Å²) in [6.07, 6.45) is -0.0595. The lowest BCUT2D eigenvalue weighted by molar-refractivity contribution is -0.129. The highest BCUT2D eigenvalue weighted by Gasteiger charge is 2.29. The molecule has 2 N–H and O–H groups in total. The molecular formula is C13H27N3O2. The van der Waals surface area contributed by atoms with Gasteiger partial charge in [0, 0.05) is 19.6 Å². The average Bonchev–Trinajstić information content (AvgIpc) is 2.25. The van der Waals surface area contributed by atoms with E-state index in [2.05, 4.69) is 29.4 Å². The molecule has 0 aromatic carbocycles. The first kappa shape index (κ1) is 15.4. The Morgan fingerprint density at radius 3 is 2.72 bits per heavy atom. The summed E-state index contributed by atoms with van der Waals surface area (Å²) in [5, 5.41) is 6.22. The first-order chi connectivity index (χ1) is 8.32. The van der Waals surface area contributed by atoms with Crippen LogP contribution < -0.4 is 10.6 Å². The normalized spacial score (nSPS) is 25.2. The lowest BCUT2D eigenvalue weighted by atomic mass is 9.92. The summed E-state index contributed by atoms with van der Waals surface area (Å²) in [5.74, 6) is 0.0361. The number of ether oxygens (including phenoxy) is 1. The van der Waals surface area contributed by atoms with Gasteiger partial charge in [0.25, 0.3) is 0 Å². The molecule has 1 aliphatic heterocycles. The Morgan fingerprint density at radius 1 is 1.50 bits per heavy atom. The van der Waals surface area contributed by atoms with Gasteiger partial charge < -0.3 is 20.3 Å². The Bertz CT molecular complexity index is 279. The molecule has 18 heavy (non-hydrogen) atoms. The van der Waals surface area contributed by atoms with E-state index in [1.54, 1.807) is 0 Å². The number of amides is 1. The molecule has 0 bridgehead atoms. The van der Waals surface area contributed by atoms with Gasteiger partial charge in [0.1, 0.15) is 6.04 Å². The first-order valence-corrected chi connectivity index (χ1v) is 6.59. The van der Waals surface area contributed by atoms with E-state index in [9.17, 15) is 4.79 Å². The van der Waals surface area contributed by atoms with Crippen LogP contribution in [-0.2, 0) is 9.53 Å².